The topological polar surface area (TPSA) is 41.5 Å². The molecule has 2 rings (SSSR count). The Morgan fingerprint density at radius 2 is 2.25 bits per heavy atom. The van der Waals surface area contributed by atoms with Crippen molar-refractivity contribution in [2.24, 2.45) is 0 Å². The van der Waals surface area contributed by atoms with Crippen LogP contribution in [0.1, 0.15) is 24.3 Å². The van der Waals surface area contributed by atoms with E-state index >= 15 is 0 Å². The molecule has 0 aliphatic carbocycles. The molecule has 0 amide bonds. The molecule has 1 aliphatic rings. The van der Waals surface area contributed by atoms with Crippen molar-refractivity contribution in [2.75, 3.05) is 26.3 Å². The third-order valence-electron chi connectivity index (χ3n) is 2.98. The number of hydrogen-bond donors (Lipinski definition) is 2. The highest BCUT2D eigenvalue weighted by molar-refractivity contribution is 5.37. The molecule has 1 atom stereocenters. The summed E-state index contributed by atoms with van der Waals surface area (Å²) in [6.45, 7) is 2.91. The quantitative estimate of drug-likeness (QED) is 0.741. The lowest BCUT2D eigenvalue weighted by Crippen LogP contribution is -2.09. The van der Waals surface area contributed by atoms with Gasteiger partial charge < -0.3 is 15.2 Å². The lowest BCUT2D eigenvalue weighted by atomic mass is 9.97. The van der Waals surface area contributed by atoms with E-state index in [0.717, 1.165) is 18.8 Å². The average molecular weight is 221 g/mol. The van der Waals surface area contributed by atoms with Crippen LogP contribution in [0.4, 0.5) is 0 Å². The van der Waals surface area contributed by atoms with Crippen molar-refractivity contribution in [3.63, 3.8) is 0 Å². The van der Waals surface area contributed by atoms with Crippen molar-refractivity contribution < 1.29 is 9.84 Å². The Kier molecular flexibility index (Phi) is 4.19. The molecule has 0 aromatic heterocycles. The normalized spacial score (nSPS) is 19.9. The Hall–Kier alpha value is -1.06. The average Bonchev–Trinajstić information content (AvgIpc) is 2.83. The van der Waals surface area contributed by atoms with Gasteiger partial charge in [0.1, 0.15) is 5.75 Å². The molecule has 1 heterocycles. The van der Waals surface area contributed by atoms with Crippen LogP contribution in [0.25, 0.3) is 0 Å². The van der Waals surface area contributed by atoms with Gasteiger partial charge in [-0.15, -0.1) is 0 Å². The van der Waals surface area contributed by atoms with Crippen molar-refractivity contribution in [1.29, 1.82) is 0 Å². The van der Waals surface area contributed by atoms with E-state index in [9.17, 15) is 0 Å². The van der Waals surface area contributed by atoms with Gasteiger partial charge in [-0.1, -0.05) is 18.2 Å². The van der Waals surface area contributed by atoms with E-state index in [1.54, 1.807) is 0 Å². The van der Waals surface area contributed by atoms with Crippen LogP contribution in [0.3, 0.4) is 0 Å². The highest BCUT2D eigenvalue weighted by Crippen LogP contribution is 2.30. The first-order valence-electron chi connectivity index (χ1n) is 5.95. The molecule has 1 saturated heterocycles. The minimum atomic E-state index is 0.188. The molecule has 3 nitrogen and oxygen atoms in total. The Bertz CT molecular complexity index is 321. The van der Waals surface area contributed by atoms with Crippen LogP contribution in [0.5, 0.6) is 5.75 Å². The van der Waals surface area contributed by atoms with Crippen LogP contribution >= 0.6 is 0 Å². The predicted octanol–water partition coefficient (Wildman–Crippen LogP) is 1.52. The Morgan fingerprint density at radius 1 is 1.38 bits per heavy atom. The molecule has 88 valence electrons. The van der Waals surface area contributed by atoms with Gasteiger partial charge in [0.25, 0.3) is 0 Å². The number of nitrogens with one attached hydrogen (secondary N) is 1. The van der Waals surface area contributed by atoms with E-state index in [1.807, 2.05) is 12.1 Å². The molecule has 3 heteroatoms. The van der Waals surface area contributed by atoms with E-state index in [2.05, 4.69) is 17.4 Å². The van der Waals surface area contributed by atoms with Crippen LogP contribution < -0.4 is 10.1 Å². The lowest BCUT2D eigenvalue weighted by Gasteiger charge is -2.15. The second kappa shape index (κ2) is 5.87. The second-order valence-corrected chi connectivity index (χ2v) is 4.15. The summed E-state index contributed by atoms with van der Waals surface area (Å²) in [6, 6.07) is 8.23. The molecule has 1 aliphatic heterocycles. The molecular weight excluding hydrogens is 202 g/mol. The second-order valence-electron chi connectivity index (χ2n) is 4.15. The van der Waals surface area contributed by atoms with Gasteiger partial charge in [0, 0.05) is 25.5 Å². The van der Waals surface area contributed by atoms with Crippen LogP contribution in [0.2, 0.25) is 0 Å². The van der Waals surface area contributed by atoms with Gasteiger partial charge in [0.15, 0.2) is 0 Å². The Labute approximate surface area is 96.4 Å². The van der Waals surface area contributed by atoms with E-state index in [-0.39, 0.29) is 6.61 Å². The summed E-state index contributed by atoms with van der Waals surface area (Å²) in [5, 5.41) is 12.1. The van der Waals surface area contributed by atoms with Crippen molar-refractivity contribution in [3.8, 4) is 5.75 Å². The first-order valence-corrected chi connectivity index (χ1v) is 5.95. The summed E-state index contributed by atoms with van der Waals surface area (Å²) >= 11 is 0. The molecule has 16 heavy (non-hydrogen) atoms. The minimum absolute atomic E-state index is 0.188. The van der Waals surface area contributed by atoms with Gasteiger partial charge in [0.05, 0.1) is 6.61 Å². The smallest absolute Gasteiger partial charge is 0.122 e. The van der Waals surface area contributed by atoms with E-state index in [1.165, 1.54) is 12.0 Å². The zero-order chi connectivity index (χ0) is 11.2. The summed E-state index contributed by atoms with van der Waals surface area (Å²) < 4.78 is 5.70. The fourth-order valence-corrected chi connectivity index (χ4v) is 2.12. The highest BCUT2D eigenvalue weighted by Gasteiger charge is 2.19. The zero-order valence-corrected chi connectivity index (χ0v) is 9.48. The summed E-state index contributed by atoms with van der Waals surface area (Å²) in [6.07, 6.45) is 1.87. The van der Waals surface area contributed by atoms with E-state index in [0.29, 0.717) is 18.9 Å². The lowest BCUT2D eigenvalue weighted by molar-refractivity contribution is 0.232. The highest BCUT2D eigenvalue weighted by atomic mass is 16.5. The SMILES string of the molecule is OCCCOc1ccccc1C1CCNC1. The standard InChI is InChI=1S/C13H19NO2/c15-8-3-9-16-13-5-2-1-4-12(13)11-6-7-14-10-11/h1-2,4-5,11,14-15H,3,6-10H2. The molecular formula is C13H19NO2. The first kappa shape index (κ1) is 11.4. The molecule has 0 spiro atoms. The Morgan fingerprint density at radius 3 is 3.00 bits per heavy atom. The number of rotatable bonds is 5. The van der Waals surface area contributed by atoms with Gasteiger partial charge >= 0.3 is 0 Å². The maximum Gasteiger partial charge on any atom is 0.122 e. The van der Waals surface area contributed by atoms with Crippen LogP contribution in [0, 0.1) is 0 Å². The summed E-state index contributed by atoms with van der Waals surface area (Å²) in [5.74, 6) is 1.55. The van der Waals surface area contributed by atoms with Crippen molar-refractivity contribution in [1.82, 2.24) is 5.32 Å². The maximum atomic E-state index is 8.74. The first-order chi connectivity index (χ1) is 7.92. The molecule has 0 saturated carbocycles. The van der Waals surface area contributed by atoms with Crippen LogP contribution in [-0.2, 0) is 0 Å². The van der Waals surface area contributed by atoms with Gasteiger partial charge in [-0.25, -0.2) is 0 Å². The van der Waals surface area contributed by atoms with Crippen LogP contribution in [0.15, 0.2) is 24.3 Å². The fraction of sp³-hybridized carbons (Fsp3) is 0.538. The van der Waals surface area contributed by atoms with Crippen molar-refractivity contribution >= 4 is 0 Å². The van der Waals surface area contributed by atoms with Crippen molar-refractivity contribution in [3.05, 3.63) is 29.8 Å². The van der Waals surface area contributed by atoms with Crippen LogP contribution in [-0.4, -0.2) is 31.4 Å². The summed E-state index contributed by atoms with van der Waals surface area (Å²) in [4.78, 5) is 0. The van der Waals surface area contributed by atoms with E-state index in [4.69, 9.17) is 9.84 Å². The van der Waals surface area contributed by atoms with Gasteiger partial charge in [-0.3, -0.25) is 0 Å². The Balaban J connectivity index is 2.04. The number of hydrogen-bond acceptors (Lipinski definition) is 3. The largest absolute Gasteiger partial charge is 0.493 e. The summed E-state index contributed by atoms with van der Waals surface area (Å²) in [7, 11) is 0. The molecule has 1 unspecified atom stereocenters. The number of aliphatic hydroxyl groups is 1. The molecule has 0 bridgehead atoms. The molecule has 1 fully saturated rings. The summed E-state index contributed by atoms with van der Waals surface area (Å²) in [5.41, 5.74) is 1.30. The minimum Gasteiger partial charge on any atom is -0.493 e. The molecule has 1 aromatic rings. The third kappa shape index (κ3) is 2.74. The fourth-order valence-electron chi connectivity index (χ4n) is 2.12. The van der Waals surface area contributed by atoms with Gasteiger partial charge in [-0.2, -0.15) is 0 Å². The maximum absolute atomic E-state index is 8.74. The van der Waals surface area contributed by atoms with Crippen molar-refractivity contribution in [2.45, 2.75) is 18.8 Å². The molecule has 2 N–H and O–H groups in total. The van der Waals surface area contributed by atoms with E-state index < -0.39 is 0 Å². The van der Waals surface area contributed by atoms with Gasteiger partial charge in [0.2, 0.25) is 0 Å². The molecule has 1 aromatic carbocycles. The molecule has 0 radical (unpaired) electrons. The zero-order valence-electron chi connectivity index (χ0n) is 9.48. The number of aliphatic hydroxyl groups excluding tert-OH is 1. The third-order valence-corrected chi connectivity index (χ3v) is 2.98. The number of benzene rings is 1. The number of para-hydroxylation sites is 1. The predicted molar refractivity (Wildman–Crippen MR) is 63.9 cm³/mol. The van der Waals surface area contributed by atoms with Gasteiger partial charge in [-0.05, 0) is 24.6 Å². The number of ether oxygens (including phenoxy) is 1. The monoisotopic (exact) mass is 221 g/mol.